The highest BCUT2D eigenvalue weighted by Crippen LogP contribution is 2.34. The molecule has 0 N–H and O–H groups in total. The van der Waals surface area contributed by atoms with E-state index < -0.39 is 17.0 Å². The zero-order chi connectivity index (χ0) is 15.4. The van der Waals surface area contributed by atoms with Gasteiger partial charge in [-0.3, -0.25) is 0 Å². The summed E-state index contributed by atoms with van der Waals surface area (Å²) in [7, 11) is 1.64. The quantitative estimate of drug-likeness (QED) is 0.649. The Morgan fingerprint density at radius 3 is 2.24 bits per heavy atom. The van der Waals surface area contributed by atoms with Gasteiger partial charge in [-0.2, -0.15) is 0 Å². The third-order valence-corrected chi connectivity index (χ3v) is 4.09. The molecule has 1 unspecified atom stereocenters. The second-order valence-corrected chi connectivity index (χ2v) is 5.98. The summed E-state index contributed by atoms with van der Waals surface area (Å²) in [5.41, 5.74) is 1.60. The number of hydrogen-bond acceptors (Lipinski definition) is 1. The van der Waals surface area contributed by atoms with E-state index >= 15 is 0 Å². The van der Waals surface area contributed by atoms with E-state index in [1.54, 1.807) is 19.2 Å². The number of halogens is 4. The Labute approximate surface area is 136 Å². The SMILES string of the molecule is COCCc1ccc(C(Cl)c2c(F)cc(Br)cc2F)cc1. The summed E-state index contributed by atoms with van der Waals surface area (Å²) in [4.78, 5) is 0. The summed E-state index contributed by atoms with van der Waals surface area (Å²) in [6.07, 6.45) is 0.782. The summed E-state index contributed by atoms with van der Waals surface area (Å²) in [5, 5.41) is -0.866. The topological polar surface area (TPSA) is 9.23 Å². The van der Waals surface area contributed by atoms with E-state index in [4.69, 9.17) is 16.3 Å². The van der Waals surface area contributed by atoms with Gasteiger partial charge in [0.25, 0.3) is 0 Å². The second-order valence-electron chi connectivity index (χ2n) is 4.63. The molecule has 0 amide bonds. The third kappa shape index (κ3) is 4.02. The van der Waals surface area contributed by atoms with E-state index in [1.165, 1.54) is 12.1 Å². The highest BCUT2D eigenvalue weighted by molar-refractivity contribution is 9.10. The Morgan fingerprint density at radius 2 is 1.71 bits per heavy atom. The Hall–Kier alpha value is -0.970. The molecule has 0 bridgehead atoms. The summed E-state index contributed by atoms with van der Waals surface area (Å²) >= 11 is 9.28. The van der Waals surface area contributed by atoms with Gasteiger partial charge in [-0.1, -0.05) is 40.2 Å². The fourth-order valence-corrected chi connectivity index (χ4v) is 2.79. The van der Waals surface area contributed by atoms with Gasteiger partial charge in [0.1, 0.15) is 11.6 Å². The van der Waals surface area contributed by atoms with Crippen LogP contribution in [-0.4, -0.2) is 13.7 Å². The number of benzene rings is 2. The molecule has 2 rings (SSSR count). The highest BCUT2D eigenvalue weighted by atomic mass is 79.9. The van der Waals surface area contributed by atoms with Gasteiger partial charge < -0.3 is 4.74 Å². The normalized spacial score (nSPS) is 12.4. The van der Waals surface area contributed by atoms with Gasteiger partial charge in [0.2, 0.25) is 0 Å². The van der Waals surface area contributed by atoms with Crippen LogP contribution >= 0.6 is 27.5 Å². The maximum Gasteiger partial charge on any atom is 0.132 e. The molecule has 5 heteroatoms. The minimum atomic E-state index is -0.866. The van der Waals surface area contributed by atoms with Crippen LogP contribution in [0.15, 0.2) is 40.9 Å². The van der Waals surface area contributed by atoms with Crippen LogP contribution in [0.2, 0.25) is 0 Å². The molecule has 112 valence electrons. The van der Waals surface area contributed by atoms with Crippen LogP contribution in [0.4, 0.5) is 8.78 Å². The molecule has 0 saturated heterocycles. The maximum atomic E-state index is 13.9. The molecule has 1 nitrogen and oxygen atoms in total. The van der Waals surface area contributed by atoms with Crippen LogP contribution in [0, 0.1) is 11.6 Å². The molecule has 0 spiro atoms. The highest BCUT2D eigenvalue weighted by Gasteiger charge is 2.20. The Kier molecular flexibility index (Phi) is 5.73. The van der Waals surface area contributed by atoms with Crippen molar-refractivity contribution < 1.29 is 13.5 Å². The number of alkyl halides is 1. The average molecular weight is 376 g/mol. The summed E-state index contributed by atoms with van der Waals surface area (Å²) in [5.74, 6) is -1.32. The Balaban J connectivity index is 2.26. The van der Waals surface area contributed by atoms with E-state index in [0.717, 1.165) is 12.0 Å². The number of methoxy groups -OCH3 is 1. The molecular weight excluding hydrogens is 362 g/mol. The molecule has 2 aromatic rings. The average Bonchev–Trinajstić information content (AvgIpc) is 2.44. The summed E-state index contributed by atoms with van der Waals surface area (Å²) in [6, 6.07) is 9.76. The lowest BCUT2D eigenvalue weighted by Gasteiger charge is -2.13. The standard InChI is InChI=1S/C16H14BrClF2O/c1-21-7-6-10-2-4-11(5-3-10)16(18)15-13(19)8-12(17)9-14(15)20/h2-5,8-9,16H,6-7H2,1H3. The minimum absolute atomic E-state index is 0.135. The smallest absolute Gasteiger partial charge is 0.132 e. The van der Waals surface area contributed by atoms with Crippen molar-refractivity contribution in [3.8, 4) is 0 Å². The van der Waals surface area contributed by atoms with E-state index in [0.29, 0.717) is 16.6 Å². The Morgan fingerprint density at radius 1 is 1.14 bits per heavy atom. The van der Waals surface area contributed by atoms with E-state index in [2.05, 4.69) is 15.9 Å². The molecule has 0 aliphatic heterocycles. The third-order valence-electron chi connectivity index (χ3n) is 3.16. The monoisotopic (exact) mass is 374 g/mol. The lowest BCUT2D eigenvalue weighted by Crippen LogP contribution is -2.02. The summed E-state index contributed by atoms with van der Waals surface area (Å²) < 4.78 is 33.2. The van der Waals surface area contributed by atoms with Crippen LogP contribution in [0.1, 0.15) is 22.1 Å². The van der Waals surface area contributed by atoms with Crippen molar-refractivity contribution in [3.63, 3.8) is 0 Å². The van der Waals surface area contributed by atoms with Crippen molar-refractivity contribution in [1.82, 2.24) is 0 Å². The number of rotatable bonds is 5. The first-order valence-electron chi connectivity index (χ1n) is 6.39. The minimum Gasteiger partial charge on any atom is -0.384 e. The molecule has 0 radical (unpaired) electrons. The molecule has 1 atom stereocenters. The molecule has 21 heavy (non-hydrogen) atoms. The molecular formula is C16H14BrClF2O. The van der Waals surface area contributed by atoms with Crippen molar-refractivity contribution in [2.45, 2.75) is 11.8 Å². The predicted octanol–water partition coefficient (Wildman–Crippen LogP) is 5.24. The summed E-state index contributed by atoms with van der Waals surface area (Å²) in [6.45, 7) is 0.625. The van der Waals surface area contributed by atoms with Crippen molar-refractivity contribution in [3.05, 3.63) is 69.2 Å². The van der Waals surface area contributed by atoms with Gasteiger partial charge in [0.05, 0.1) is 12.0 Å². The van der Waals surface area contributed by atoms with Crippen molar-refractivity contribution in [2.24, 2.45) is 0 Å². The first-order valence-corrected chi connectivity index (χ1v) is 7.62. The first kappa shape index (κ1) is 16.4. The van der Waals surface area contributed by atoms with E-state index in [9.17, 15) is 8.78 Å². The van der Waals surface area contributed by atoms with Gasteiger partial charge in [-0.25, -0.2) is 8.78 Å². The fourth-order valence-electron chi connectivity index (χ4n) is 2.04. The Bertz CT molecular complexity index is 593. The van der Waals surface area contributed by atoms with Gasteiger partial charge in [-0.05, 0) is 29.7 Å². The largest absolute Gasteiger partial charge is 0.384 e. The zero-order valence-electron chi connectivity index (χ0n) is 11.4. The van der Waals surface area contributed by atoms with Crippen molar-refractivity contribution >= 4 is 27.5 Å². The van der Waals surface area contributed by atoms with E-state index in [1.807, 2.05) is 12.1 Å². The van der Waals surface area contributed by atoms with Gasteiger partial charge >= 0.3 is 0 Å². The molecule has 0 heterocycles. The molecule has 0 aliphatic rings. The van der Waals surface area contributed by atoms with Gasteiger partial charge in [-0.15, -0.1) is 11.6 Å². The van der Waals surface area contributed by atoms with Crippen molar-refractivity contribution in [1.29, 1.82) is 0 Å². The predicted molar refractivity (Wildman–Crippen MR) is 83.8 cm³/mol. The number of ether oxygens (including phenoxy) is 1. The lowest BCUT2D eigenvalue weighted by atomic mass is 10.0. The van der Waals surface area contributed by atoms with Gasteiger partial charge in [0, 0.05) is 17.1 Å². The van der Waals surface area contributed by atoms with Crippen LogP contribution in [0.3, 0.4) is 0 Å². The fraction of sp³-hybridized carbons (Fsp3) is 0.250. The van der Waals surface area contributed by atoms with Crippen LogP contribution in [0.25, 0.3) is 0 Å². The van der Waals surface area contributed by atoms with Crippen LogP contribution in [0.5, 0.6) is 0 Å². The molecule has 2 aromatic carbocycles. The first-order chi connectivity index (χ1) is 10.0. The molecule has 0 fully saturated rings. The second kappa shape index (κ2) is 7.34. The van der Waals surface area contributed by atoms with Crippen molar-refractivity contribution in [2.75, 3.05) is 13.7 Å². The van der Waals surface area contributed by atoms with Crippen LogP contribution < -0.4 is 0 Å². The van der Waals surface area contributed by atoms with E-state index in [-0.39, 0.29) is 5.56 Å². The zero-order valence-corrected chi connectivity index (χ0v) is 13.7. The molecule has 0 saturated carbocycles. The lowest BCUT2D eigenvalue weighted by molar-refractivity contribution is 0.202. The van der Waals surface area contributed by atoms with Gasteiger partial charge in [0.15, 0.2) is 0 Å². The maximum absolute atomic E-state index is 13.9. The van der Waals surface area contributed by atoms with Crippen LogP contribution in [-0.2, 0) is 11.2 Å². The molecule has 0 aromatic heterocycles. The number of hydrogen-bond donors (Lipinski definition) is 0. The molecule has 0 aliphatic carbocycles.